The Morgan fingerprint density at radius 3 is 2.47 bits per heavy atom. The average Bonchev–Trinajstić information content (AvgIpc) is 2.64. The molecule has 1 aromatic rings. The summed E-state index contributed by atoms with van der Waals surface area (Å²) < 4.78 is 13.1. The average molecular weight is 263 g/mol. The molecule has 1 unspecified atom stereocenters. The van der Waals surface area contributed by atoms with Crippen LogP contribution >= 0.6 is 0 Å². The van der Waals surface area contributed by atoms with Crippen molar-refractivity contribution in [2.24, 2.45) is 0 Å². The van der Waals surface area contributed by atoms with Crippen LogP contribution in [0.2, 0.25) is 0 Å². The predicted octanol–water partition coefficient (Wildman–Crippen LogP) is 0.968. The maximum atomic E-state index is 13.1. The Hall–Kier alpha value is -2.37. The summed E-state index contributed by atoms with van der Waals surface area (Å²) in [6, 6.07) is 2.26. The quantitative estimate of drug-likeness (QED) is 0.586. The van der Waals surface area contributed by atoms with E-state index in [4.69, 9.17) is 0 Å². The second-order valence-corrected chi connectivity index (χ2v) is 4.12. The van der Waals surface area contributed by atoms with Gasteiger partial charge in [-0.25, -0.2) is 4.39 Å². The zero-order valence-electron chi connectivity index (χ0n) is 9.84. The van der Waals surface area contributed by atoms with Crippen LogP contribution < -0.4 is 0 Å². The van der Waals surface area contributed by atoms with E-state index in [1.54, 1.807) is 0 Å². The molecule has 0 aliphatic carbocycles. The van der Waals surface area contributed by atoms with E-state index in [-0.39, 0.29) is 24.0 Å². The SMILES string of the molecule is O=CCCC(C=O)N1C(=O)c2ccc(F)cc2C1=O. The van der Waals surface area contributed by atoms with Crippen LogP contribution in [-0.2, 0) is 9.59 Å². The molecule has 0 saturated heterocycles. The molecule has 0 bridgehead atoms. The first-order chi connectivity index (χ1) is 9.10. The minimum Gasteiger partial charge on any atom is -0.303 e. The van der Waals surface area contributed by atoms with Gasteiger partial charge in [0.2, 0.25) is 0 Å². The predicted molar refractivity (Wildman–Crippen MR) is 62.1 cm³/mol. The fourth-order valence-electron chi connectivity index (χ4n) is 2.03. The molecule has 2 amide bonds. The van der Waals surface area contributed by atoms with Crippen LogP contribution in [0.15, 0.2) is 18.2 Å². The molecule has 0 fully saturated rings. The van der Waals surface area contributed by atoms with E-state index in [1.165, 1.54) is 6.07 Å². The molecule has 0 spiro atoms. The first kappa shape index (κ1) is 13.1. The minimum absolute atomic E-state index is 0.0528. The molecule has 1 heterocycles. The summed E-state index contributed by atoms with van der Waals surface area (Å²) in [6.07, 6.45) is 1.18. The van der Waals surface area contributed by atoms with Crippen LogP contribution in [0.5, 0.6) is 0 Å². The fourth-order valence-corrected chi connectivity index (χ4v) is 2.03. The van der Waals surface area contributed by atoms with Gasteiger partial charge in [0.1, 0.15) is 18.4 Å². The van der Waals surface area contributed by atoms with Crippen LogP contribution in [0, 0.1) is 5.82 Å². The normalized spacial score (nSPS) is 15.3. The lowest BCUT2D eigenvalue weighted by atomic mass is 10.1. The number of carbonyl (C=O) groups excluding carboxylic acids is 4. The molecule has 1 aliphatic rings. The van der Waals surface area contributed by atoms with Crippen molar-refractivity contribution < 1.29 is 23.6 Å². The first-order valence-corrected chi connectivity index (χ1v) is 5.66. The molecule has 1 atom stereocenters. The number of amides is 2. The monoisotopic (exact) mass is 263 g/mol. The summed E-state index contributed by atoms with van der Waals surface area (Å²) in [4.78, 5) is 46.1. The summed E-state index contributed by atoms with van der Waals surface area (Å²) in [5, 5.41) is 0. The van der Waals surface area contributed by atoms with E-state index in [1.807, 2.05) is 0 Å². The van der Waals surface area contributed by atoms with Gasteiger partial charge in [0.25, 0.3) is 11.8 Å². The summed E-state index contributed by atoms with van der Waals surface area (Å²) >= 11 is 0. The van der Waals surface area contributed by atoms with Gasteiger partial charge in [-0.05, 0) is 24.6 Å². The highest BCUT2D eigenvalue weighted by Gasteiger charge is 2.39. The van der Waals surface area contributed by atoms with Crippen LogP contribution in [0.4, 0.5) is 4.39 Å². The molecule has 1 aromatic carbocycles. The highest BCUT2D eigenvalue weighted by atomic mass is 19.1. The Kier molecular flexibility index (Phi) is 3.50. The van der Waals surface area contributed by atoms with Gasteiger partial charge >= 0.3 is 0 Å². The van der Waals surface area contributed by atoms with Crippen molar-refractivity contribution in [3.63, 3.8) is 0 Å². The van der Waals surface area contributed by atoms with E-state index in [2.05, 4.69) is 0 Å². The maximum absolute atomic E-state index is 13.1. The Morgan fingerprint density at radius 2 is 1.84 bits per heavy atom. The number of hydrogen-bond donors (Lipinski definition) is 0. The van der Waals surface area contributed by atoms with E-state index < -0.39 is 23.7 Å². The molecule has 6 heteroatoms. The zero-order chi connectivity index (χ0) is 14.0. The van der Waals surface area contributed by atoms with Crippen molar-refractivity contribution in [3.05, 3.63) is 35.1 Å². The fraction of sp³-hybridized carbons (Fsp3) is 0.231. The maximum Gasteiger partial charge on any atom is 0.262 e. The van der Waals surface area contributed by atoms with Crippen molar-refractivity contribution in [1.29, 1.82) is 0 Å². The Morgan fingerprint density at radius 1 is 1.16 bits per heavy atom. The lowest BCUT2D eigenvalue weighted by Crippen LogP contribution is -2.40. The highest BCUT2D eigenvalue weighted by Crippen LogP contribution is 2.26. The highest BCUT2D eigenvalue weighted by molar-refractivity contribution is 6.22. The number of rotatable bonds is 5. The lowest BCUT2D eigenvalue weighted by molar-refractivity contribution is -0.112. The molecule has 0 saturated carbocycles. The summed E-state index contributed by atoms with van der Waals surface area (Å²) in [7, 11) is 0. The first-order valence-electron chi connectivity index (χ1n) is 5.66. The zero-order valence-corrected chi connectivity index (χ0v) is 9.84. The molecule has 2 rings (SSSR count). The van der Waals surface area contributed by atoms with Crippen LogP contribution in [0.1, 0.15) is 33.6 Å². The topological polar surface area (TPSA) is 71.5 Å². The number of imide groups is 1. The number of halogens is 1. The van der Waals surface area contributed by atoms with Gasteiger partial charge in [0, 0.05) is 6.42 Å². The third kappa shape index (κ3) is 2.16. The van der Waals surface area contributed by atoms with Gasteiger partial charge in [0.15, 0.2) is 0 Å². The minimum atomic E-state index is -0.999. The van der Waals surface area contributed by atoms with Gasteiger partial charge in [-0.1, -0.05) is 0 Å². The molecular weight excluding hydrogens is 253 g/mol. The van der Waals surface area contributed by atoms with Crippen LogP contribution in [0.25, 0.3) is 0 Å². The van der Waals surface area contributed by atoms with Gasteiger partial charge in [-0.3, -0.25) is 14.5 Å². The van der Waals surface area contributed by atoms with Crippen LogP contribution in [-0.4, -0.2) is 35.3 Å². The third-order valence-corrected chi connectivity index (χ3v) is 2.95. The lowest BCUT2D eigenvalue weighted by Gasteiger charge is -2.20. The van der Waals surface area contributed by atoms with E-state index in [0.29, 0.717) is 12.6 Å². The van der Waals surface area contributed by atoms with Gasteiger partial charge in [-0.15, -0.1) is 0 Å². The van der Waals surface area contributed by atoms with E-state index in [0.717, 1.165) is 17.0 Å². The van der Waals surface area contributed by atoms with Crippen LogP contribution in [0.3, 0.4) is 0 Å². The molecule has 5 nitrogen and oxygen atoms in total. The molecule has 0 radical (unpaired) electrons. The summed E-state index contributed by atoms with van der Waals surface area (Å²) in [5.41, 5.74) is 0.0207. The smallest absolute Gasteiger partial charge is 0.262 e. The second-order valence-electron chi connectivity index (χ2n) is 4.12. The Balaban J connectivity index is 2.35. The van der Waals surface area contributed by atoms with Crippen molar-refractivity contribution in [3.8, 4) is 0 Å². The van der Waals surface area contributed by atoms with Crippen molar-refractivity contribution in [2.75, 3.05) is 0 Å². The molecular formula is C13H10FNO4. The third-order valence-electron chi connectivity index (χ3n) is 2.95. The van der Waals surface area contributed by atoms with Crippen molar-refractivity contribution in [1.82, 2.24) is 4.90 Å². The van der Waals surface area contributed by atoms with Gasteiger partial charge in [-0.2, -0.15) is 0 Å². The van der Waals surface area contributed by atoms with Crippen molar-refractivity contribution in [2.45, 2.75) is 18.9 Å². The van der Waals surface area contributed by atoms with Gasteiger partial charge < -0.3 is 9.59 Å². The second kappa shape index (κ2) is 5.09. The van der Waals surface area contributed by atoms with E-state index in [9.17, 15) is 23.6 Å². The Labute approximate surface area is 108 Å². The number of carbonyl (C=O) groups is 4. The number of benzene rings is 1. The number of fused-ring (bicyclic) bond motifs is 1. The largest absolute Gasteiger partial charge is 0.303 e. The molecule has 19 heavy (non-hydrogen) atoms. The van der Waals surface area contributed by atoms with Gasteiger partial charge in [0.05, 0.1) is 17.2 Å². The number of nitrogens with zero attached hydrogens (tertiary/aromatic N) is 1. The Bertz CT molecular complexity index is 570. The summed E-state index contributed by atoms with van der Waals surface area (Å²) in [5.74, 6) is -1.97. The molecule has 98 valence electrons. The van der Waals surface area contributed by atoms with Crippen molar-refractivity contribution >= 4 is 24.4 Å². The van der Waals surface area contributed by atoms with E-state index >= 15 is 0 Å². The standard InChI is InChI=1S/C13H10FNO4/c14-8-3-4-10-11(6-8)13(19)15(12(10)18)9(7-17)2-1-5-16/h3-7,9H,1-2H2. The number of aldehydes is 2. The molecule has 0 aromatic heterocycles. The molecule has 0 N–H and O–H groups in total. The number of hydrogen-bond acceptors (Lipinski definition) is 4. The summed E-state index contributed by atoms with van der Waals surface area (Å²) in [6.45, 7) is 0. The molecule has 1 aliphatic heterocycles.